The Morgan fingerprint density at radius 1 is 1.50 bits per heavy atom. The molecule has 0 heterocycles. The van der Waals surface area contributed by atoms with Crippen LogP contribution in [0.1, 0.15) is 12.8 Å². The van der Waals surface area contributed by atoms with E-state index in [4.69, 9.17) is 11.6 Å². The third-order valence-corrected chi connectivity index (χ3v) is 2.14. The summed E-state index contributed by atoms with van der Waals surface area (Å²) in [5, 5.41) is 5.28. The first kappa shape index (κ1) is 10.3. The summed E-state index contributed by atoms with van der Waals surface area (Å²) < 4.78 is 4.50. The second kappa shape index (κ2) is 3.52. The number of carbonyl (C=O) groups excluding carboxylic acids is 2. The number of rotatable bonds is 2. The number of nitrogens with two attached hydrogens (primary N) is 2. The van der Waals surface area contributed by atoms with E-state index < -0.39 is 17.3 Å². The summed E-state index contributed by atoms with van der Waals surface area (Å²) in [5.41, 5.74) is 4.10. The number of carbonyl (C=O) groups is 2. The van der Waals surface area contributed by atoms with Gasteiger partial charge in [-0.1, -0.05) is 0 Å². The molecule has 1 saturated carbocycles. The van der Waals surface area contributed by atoms with E-state index in [9.17, 15) is 9.59 Å². The molecule has 7 heteroatoms. The predicted molar refractivity (Wildman–Crippen MR) is 47.6 cm³/mol. The largest absolute Gasteiger partial charge is 0.468 e. The van der Waals surface area contributed by atoms with Crippen molar-refractivity contribution in [1.29, 1.82) is 0 Å². The smallest absolute Gasteiger partial charge is 0.321 e. The van der Waals surface area contributed by atoms with Gasteiger partial charge in [0, 0.05) is 0 Å². The normalized spacial score (nSPS) is 18.5. The molecular weight excluding hydrogens is 188 g/mol. The van der Waals surface area contributed by atoms with Crippen LogP contribution in [0.3, 0.4) is 0 Å². The number of esters is 1. The quantitative estimate of drug-likeness (QED) is 0.122. The lowest BCUT2D eigenvalue weighted by Gasteiger charge is -2.11. The van der Waals surface area contributed by atoms with Crippen molar-refractivity contribution in [1.82, 2.24) is 5.32 Å². The number of nitrogens with zero attached hydrogens (tertiary/aromatic N) is 1. The average Bonchev–Trinajstić information content (AvgIpc) is 2.97. The molecule has 0 unspecified atom stereocenters. The number of guanidine groups is 1. The maximum atomic E-state index is 11.5. The van der Waals surface area contributed by atoms with Crippen molar-refractivity contribution >= 4 is 17.8 Å². The minimum absolute atomic E-state index is 0.217. The van der Waals surface area contributed by atoms with Crippen LogP contribution >= 0.6 is 0 Å². The topological polar surface area (TPSA) is 120 Å². The number of hydrogen-bond donors (Lipinski definition) is 3. The number of hydrazone groups is 1. The molecule has 1 aliphatic rings. The summed E-state index contributed by atoms with van der Waals surface area (Å²) in [7, 11) is 1.23. The van der Waals surface area contributed by atoms with Crippen LogP contribution in [0.15, 0.2) is 5.10 Å². The predicted octanol–water partition coefficient (Wildman–Crippen LogP) is -1.76. The van der Waals surface area contributed by atoms with Crippen LogP contribution in [0, 0.1) is 5.41 Å². The maximum Gasteiger partial charge on any atom is 0.321 e. The molecule has 0 aliphatic heterocycles. The molecule has 0 saturated heterocycles. The minimum atomic E-state index is -1.08. The summed E-state index contributed by atoms with van der Waals surface area (Å²) >= 11 is 0. The van der Waals surface area contributed by atoms with Crippen LogP contribution in [0.25, 0.3) is 0 Å². The molecule has 7 nitrogen and oxygen atoms in total. The number of nitrogens with one attached hydrogen (secondary N) is 1. The molecule has 1 fully saturated rings. The van der Waals surface area contributed by atoms with E-state index in [-0.39, 0.29) is 5.96 Å². The van der Waals surface area contributed by atoms with E-state index in [1.54, 1.807) is 0 Å². The summed E-state index contributed by atoms with van der Waals surface area (Å²) in [5.74, 6) is 3.53. The molecule has 14 heavy (non-hydrogen) atoms. The van der Waals surface area contributed by atoms with Crippen molar-refractivity contribution in [3.05, 3.63) is 0 Å². The lowest BCUT2D eigenvalue weighted by molar-refractivity contribution is -0.151. The Labute approximate surface area is 80.5 Å². The molecule has 5 N–H and O–H groups in total. The molecule has 78 valence electrons. The third-order valence-electron chi connectivity index (χ3n) is 2.14. The zero-order valence-corrected chi connectivity index (χ0v) is 7.74. The second-order valence-corrected chi connectivity index (χ2v) is 3.04. The SMILES string of the molecule is COC(=O)C1(C(=O)N/C(N)=N/N)CC1. The lowest BCUT2D eigenvalue weighted by atomic mass is 10.1. The first-order valence-electron chi connectivity index (χ1n) is 4.00. The van der Waals surface area contributed by atoms with E-state index in [0.717, 1.165) is 0 Å². The van der Waals surface area contributed by atoms with Crippen molar-refractivity contribution in [2.75, 3.05) is 7.11 Å². The van der Waals surface area contributed by atoms with Crippen LogP contribution in [0.5, 0.6) is 0 Å². The van der Waals surface area contributed by atoms with E-state index in [1.807, 2.05) is 0 Å². The number of ether oxygens (including phenoxy) is 1. The Morgan fingerprint density at radius 2 is 2.07 bits per heavy atom. The van der Waals surface area contributed by atoms with Crippen molar-refractivity contribution in [2.45, 2.75) is 12.8 Å². The van der Waals surface area contributed by atoms with Crippen molar-refractivity contribution < 1.29 is 14.3 Å². The third kappa shape index (κ3) is 1.61. The molecule has 0 radical (unpaired) electrons. The zero-order chi connectivity index (χ0) is 10.8. The molecule has 0 atom stereocenters. The van der Waals surface area contributed by atoms with Gasteiger partial charge in [-0.15, -0.1) is 5.10 Å². The second-order valence-electron chi connectivity index (χ2n) is 3.04. The lowest BCUT2D eigenvalue weighted by Crippen LogP contribution is -2.44. The highest BCUT2D eigenvalue weighted by Crippen LogP contribution is 2.46. The molecular formula is C7H12N4O3. The summed E-state index contributed by atoms with van der Waals surface area (Å²) in [4.78, 5) is 22.7. The number of amides is 1. The van der Waals surface area contributed by atoms with Gasteiger partial charge in [-0.2, -0.15) is 0 Å². The van der Waals surface area contributed by atoms with Crippen LogP contribution < -0.4 is 16.9 Å². The van der Waals surface area contributed by atoms with Crippen LogP contribution in [-0.2, 0) is 14.3 Å². The molecule has 1 amide bonds. The Bertz CT molecular complexity index is 295. The van der Waals surface area contributed by atoms with Gasteiger partial charge < -0.3 is 16.3 Å². The zero-order valence-electron chi connectivity index (χ0n) is 7.74. The van der Waals surface area contributed by atoms with Gasteiger partial charge >= 0.3 is 5.97 Å². The average molecular weight is 200 g/mol. The first-order chi connectivity index (χ1) is 6.56. The maximum absolute atomic E-state index is 11.5. The fraction of sp³-hybridized carbons (Fsp3) is 0.571. The van der Waals surface area contributed by atoms with Gasteiger partial charge in [0.15, 0.2) is 0 Å². The molecule has 1 rings (SSSR count). The van der Waals surface area contributed by atoms with Crippen molar-refractivity contribution in [3.8, 4) is 0 Å². The van der Waals surface area contributed by atoms with E-state index in [1.165, 1.54) is 7.11 Å². The summed E-state index contributed by atoms with van der Waals surface area (Å²) in [6.45, 7) is 0. The van der Waals surface area contributed by atoms with Gasteiger partial charge in [-0.05, 0) is 12.8 Å². The van der Waals surface area contributed by atoms with Gasteiger partial charge in [-0.3, -0.25) is 14.9 Å². The standard InChI is InChI=1S/C7H12N4O3/c1-14-5(13)7(2-3-7)4(12)10-6(8)11-9/h2-3,9H2,1H3,(H3,8,10,11,12). The van der Waals surface area contributed by atoms with E-state index >= 15 is 0 Å². The first-order valence-corrected chi connectivity index (χ1v) is 4.00. The van der Waals surface area contributed by atoms with E-state index in [2.05, 4.69) is 15.2 Å². The Balaban J connectivity index is 2.65. The summed E-state index contributed by atoms with van der Waals surface area (Å²) in [6, 6.07) is 0. The molecule has 0 spiro atoms. The molecule has 0 aromatic carbocycles. The number of hydrogen-bond acceptors (Lipinski definition) is 5. The van der Waals surface area contributed by atoms with Gasteiger partial charge in [0.2, 0.25) is 11.9 Å². The highest BCUT2D eigenvalue weighted by Gasteiger charge is 2.58. The fourth-order valence-corrected chi connectivity index (χ4v) is 1.11. The van der Waals surface area contributed by atoms with Gasteiger partial charge in [0.05, 0.1) is 7.11 Å². The van der Waals surface area contributed by atoms with Crippen molar-refractivity contribution in [3.63, 3.8) is 0 Å². The molecule has 0 bridgehead atoms. The van der Waals surface area contributed by atoms with Crippen LogP contribution in [-0.4, -0.2) is 24.9 Å². The monoisotopic (exact) mass is 200 g/mol. The molecule has 0 aromatic heterocycles. The minimum Gasteiger partial charge on any atom is -0.468 e. The Hall–Kier alpha value is -1.79. The number of methoxy groups -OCH3 is 1. The molecule has 0 aromatic rings. The highest BCUT2D eigenvalue weighted by molar-refractivity contribution is 6.11. The summed E-state index contributed by atoms with van der Waals surface area (Å²) in [6.07, 6.45) is 0.923. The molecule has 1 aliphatic carbocycles. The Morgan fingerprint density at radius 3 is 2.43 bits per heavy atom. The van der Waals surface area contributed by atoms with Crippen molar-refractivity contribution in [2.24, 2.45) is 22.1 Å². The Kier molecular flexibility index (Phi) is 2.59. The van der Waals surface area contributed by atoms with Gasteiger partial charge in [0.25, 0.3) is 0 Å². The van der Waals surface area contributed by atoms with Crippen LogP contribution in [0.4, 0.5) is 0 Å². The van der Waals surface area contributed by atoms with Crippen LogP contribution in [0.2, 0.25) is 0 Å². The highest BCUT2D eigenvalue weighted by atomic mass is 16.5. The van der Waals surface area contributed by atoms with Gasteiger partial charge in [0.1, 0.15) is 5.41 Å². The fourth-order valence-electron chi connectivity index (χ4n) is 1.11. The van der Waals surface area contributed by atoms with Gasteiger partial charge in [-0.25, -0.2) is 0 Å². The van der Waals surface area contributed by atoms with E-state index in [0.29, 0.717) is 12.8 Å².